The molecule has 1 aliphatic heterocycles. The summed E-state index contributed by atoms with van der Waals surface area (Å²) in [4.78, 5) is 2.71. The van der Waals surface area contributed by atoms with E-state index >= 15 is 0 Å². The molecule has 0 aliphatic carbocycles. The zero-order valence-electron chi connectivity index (χ0n) is 13.2. The van der Waals surface area contributed by atoms with Gasteiger partial charge in [0.2, 0.25) is 0 Å². The van der Waals surface area contributed by atoms with Crippen molar-refractivity contribution in [2.24, 2.45) is 7.05 Å². The lowest BCUT2D eigenvalue weighted by Gasteiger charge is -2.27. The summed E-state index contributed by atoms with van der Waals surface area (Å²) in [5, 5.41) is 4.35. The molecule has 1 saturated heterocycles. The smallest absolute Gasteiger partial charge is 0.175 e. The number of nitrogens with zero attached hydrogens (tertiary/aromatic N) is 3. The van der Waals surface area contributed by atoms with Gasteiger partial charge in [-0.3, -0.25) is 4.68 Å². The highest BCUT2D eigenvalue weighted by atomic mass is 32.2. The van der Waals surface area contributed by atoms with Gasteiger partial charge >= 0.3 is 0 Å². The van der Waals surface area contributed by atoms with E-state index in [0.29, 0.717) is 10.9 Å². The minimum Gasteiger partial charge on any atom is -0.364 e. The quantitative estimate of drug-likeness (QED) is 0.872. The van der Waals surface area contributed by atoms with Crippen molar-refractivity contribution in [1.29, 1.82) is 0 Å². The lowest BCUT2D eigenvalue weighted by molar-refractivity contribution is 0.602. The molecule has 0 bridgehead atoms. The molecule has 0 N–H and O–H groups in total. The second-order valence-corrected chi connectivity index (χ2v) is 7.94. The molecule has 3 rings (SSSR count). The molecule has 22 heavy (non-hydrogen) atoms. The molecule has 6 heteroatoms. The van der Waals surface area contributed by atoms with Crippen LogP contribution in [0, 0.1) is 6.92 Å². The molecule has 2 heterocycles. The molecule has 0 radical (unpaired) electrons. The van der Waals surface area contributed by atoms with Crippen molar-refractivity contribution in [2.75, 3.05) is 17.7 Å². The zero-order valence-corrected chi connectivity index (χ0v) is 14.0. The summed E-state index contributed by atoms with van der Waals surface area (Å²) >= 11 is 0. The van der Waals surface area contributed by atoms with Gasteiger partial charge in [0.1, 0.15) is 0 Å². The summed E-state index contributed by atoms with van der Waals surface area (Å²) in [6.07, 6.45) is 5.41. The average molecular weight is 319 g/mol. The van der Waals surface area contributed by atoms with E-state index < -0.39 is 9.84 Å². The summed E-state index contributed by atoms with van der Waals surface area (Å²) in [5.41, 5.74) is 3.51. The Morgan fingerprint density at radius 3 is 2.45 bits per heavy atom. The molecule has 1 unspecified atom stereocenters. The van der Waals surface area contributed by atoms with Crippen molar-refractivity contribution in [3.05, 3.63) is 41.7 Å². The molecular formula is C16H21N3O2S. The maximum Gasteiger partial charge on any atom is 0.175 e. The Labute approximate surface area is 131 Å². The summed E-state index contributed by atoms with van der Waals surface area (Å²) < 4.78 is 25.0. The van der Waals surface area contributed by atoms with E-state index in [1.165, 1.54) is 17.5 Å². The summed E-state index contributed by atoms with van der Waals surface area (Å²) in [7, 11) is -1.19. The summed E-state index contributed by atoms with van der Waals surface area (Å²) in [6.45, 7) is 3.07. The van der Waals surface area contributed by atoms with Crippen molar-refractivity contribution < 1.29 is 8.42 Å². The second kappa shape index (κ2) is 5.43. The van der Waals surface area contributed by atoms with Crippen LogP contribution in [0.25, 0.3) is 0 Å². The van der Waals surface area contributed by atoms with Crippen molar-refractivity contribution in [3.63, 3.8) is 0 Å². The monoisotopic (exact) mass is 319 g/mol. The maximum atomic E-state index is 11.6. The predicted molar refractivity (Wildman–Crippen MR) is 86.8 cm³/mol. The second-order valence-electron chi connectivity index (χ2n) is 5.93. The number of anilines is 1. The number of hydrogen-bond acceptors (Lipinski definition) is 4. The maximum absolute atomic E-state index is 11.6. The van der Waals surface area contributed by atoms with Gasteiger partial charge in [-0.05, 0) is 44.0 Å². The number of aromatic nitrogens is 2. The van der Waals surface area contributed by atoms with E-state index in [2.05, 4.69) is 16.9 Å². The molecule has 1 aliphatic rings. The van der Waals surface area contributed by atoms with E-state index in [-0.39, 0.29) is 0 Å². The first kappa shape index (κ1) is 15.1. The third-order valence-electron chi connectivity index (χ3n) is 4.48. The van der Waals surface area contributed by atoms with E-state index in [9.17, 15) is 8.42 Å². The van der Waals surface area contributed by atoms with E-state index in [1.54, 1.807) is 12.1 Å². The molecule has 118 valence electrons. The van der Waals surface area contributed by atoms with Gasteiger partial charge in [-0.2, -0.15) is 5.10 Å². The fourth-order valence-electron chi connectivity index (χ4n) is 3.13. The van der Waals surface area contributed by atoms with Crippen LogP contribution in [0.3, 0.4) is 0 Å². The molecule has 1 aromatic carbocycles. The van der Waals surface area contributed by atoms with Gasteiger partial charge < -0.3 is 4.90 Å². The van der Waals surface area contributed by atoms with Crippen LogP contribution in [-0.4, -0.2) is 31.0 Å². The molecule has 2 aromatic rings. The third kappa shape index (κ3) is 2.63. The largest absolute Gasteiger partial charge is 0.364 e. The molecule has 0 saturated carbocycles. The van der Waals surface area contributed by atoms with E-state index in [4.69, 9.17) is 0 Å². The first-order valence-corrected chi connectivity index (χ1v) is 9.32. The summed E-state index contributed by atoms with van der Waals surface area (Å²) in [6, 6.07) is 7.50. The minimum atomic E-state index is -3.14. The zero-order chi connectivity index (χ0) is 15.9. The Kier molecular flexibility index (Phi) is 3.72. The summed E-state index contributed by atoms with van der Waals surface area (Å²) in [5.74, 6) is 0. The van der Waals surface area contributed by atoms with Crippen LogP contribution in [-0.2, 0) is 16.9 Å². The molecule has 0 spiro atoms. The predicted octanol–water partition coefficient (Wildman–Crippen LogP) is 2.47. The van der Waals surface area contributed by atoms with Gasteiger partial charge in [0, 0.05) is 36.8 Å². The van der Waals surface area contributed by atoms with Crippen LogP contribution in [0.2, 0.25) is 0 Å². The lowest BCUT2D eigenvalue weighted by Crippen LogP contribution is -2.22. The highest BCUT2D eigenvalue weighted by Crippen LogP contribution is 2.37. The Morgan fingerprint density at radius 1 is 1.23 bits per heavy atom. The first-order chi connectivity index (χ1) is 10.4. The normalized spacial score (nSPS) is 18.9. The van der Waals surface area contributed by atoms with Crippen molar-refractivity contribution in [2.45, 2.75) is 30.7 Å². The molecular weight excluding hydrogens is 298 g/mol. The molecule has 1 aromatic heterocycles. The van der Waals surface area contributed by atoms with Crippen molar-refractivity contribution >= 4 is 15.5 Å². The van der Waals surface area contributed by atoms with Gasteiger partial charge in [-0.1, -0.05) is 0 Å². The standard InChI is InChI=1S/C16H21N3O2S/c1-12-15(11-17-18(12)2)16-5-4-10-19(16)13-6-8-14(9-7-13)22(3,20)21/h6-9,11,16H,4-5,10H2,1-3H3. The number of aryl methyl sites for hydroxylation is 1. The molecule has 0 amide bonds. The number of sulfone groups is 1. The molecule has 1 fully saturated rings. The first-order valence-electron chi connectivity index (χ1n) is 7.43. The van der Waals surface area contributed by atoms with Crippen molar-refractivity contribution in [1.82, 2.24) is 9.78 Å². The molecule has 5 nitrogen and oxygen atoms in total. The highest BCUT2D eigenvalue weighted by molar-refractivity contribution is 7.90. The Balaban J connectivity index is 1.92. The van der Waals surface area contributed by atoms with Crippen LogP contribution in [0.15, 0.2) is 35.4 Å². The number of benzene rings is 1. The topological polar surface area (TPSA) is 55.2 Å². The third-order valence-corrected chi connectivity index (χ3v) is 5.61. The average Bonchev–Trinajstić information content (AvgIpc) is 3.06. The van der Waals surface area contributed by atoms with Crippen LogP contribution in [0.5, 0.6) is 0 Å². The number of rotatable bonds is 3. The van der Waals surface area contributed by atoms with Gasteiger partial charge in [-0.15, -0.1) is 0 Å². The van der Waals surface area contributed by atoms with Crippen LogP contribution in [0.1, 0.15) is 30.1 Å². The van der Waals surface area contributed by atoms with E-state index in [0.717, 1.165) is 25.1 Å². The van der Waals surface area contributed by atoms with Crippen LogP contribution in [0.4, 0.5) is 5.69 Å². The van der Waals surface area contributed by atoms with Crippen molar-refractivity contribution in [3.8, 4) is 0 Å². The minimum absolute atomic E-state index is 0.317. The lowest BCUT2D eigenvalue weighted by atomic mass is 10.1. The van der Waals surface area contributed by atoms with E-state index in [1.807, 2.05) is 30.1 Å². The van der Waals surface area contributed by atoms with Gasteiger partial charge in [-0.25, -0.2) is 8.42 Å². The van der Waals surface area contributed by atoms with Crippen LogP contribution < -0.4 is 4.90 Å². The van der Waals surface area contributed by atoms with Gasteiger partial charge in [0.05, 0.1) is 17.1 Å². The van der Waals surface area contributed by atoms with Gasteiger partial charge in [0.25, 0.3) is 0 Å². The van der Waals surface area contributed by atoms with Gasteiger partial charge in [0.15, 0.2) is 9.84 Å². The fraction of sp³-hybridized carbons (Fsp3) is 0.438. The highest BCUT2D eigenvalue weighted by Gasteiger charge is 2.28. The SMILES string of the molecule is Cc1c(C2CCCN2c2ccc(S(C)(=O)=O)cc2)cnn1C. The molecule has 1 atom stereocenters. The Hall–Kier alpha value is -1.82. The fourth-order valence-corrected chi connectivity index (χ4v) is 3.76. The number of hydrogen-bond donors (Lipinski definition) is 0. The Morgan fingerprint density at radius 2 is 1.91 bits per heavy atom. The Bertz CT molecular complexity index is 778. The van der Waals surface area contributed by atoms with Crippen LogP contribution >= 0.6 is 0 Å².